The number of nitrogens with zero attached hydrogens (tertiary/aromatic N) is 4. The molecule has 0 aliphatic rings. The standard InChI is InChI=1S/C9H10N4O2S2/c1-6-11-12-9(16-4-8(14)15)13(6)3-7-2-10-5-17-7/h2,5H,3-4H2,1H3,(H,14,15). The summed E-state index contributed by atoms with van der Waals surface area (Å²) in [7, 11) is 0. The zero-order valence-corrected chi connectivity index (χ0v) is 10.7. The van der Waals surface area contributed by atoms with Crippen molar-refractivity contribution in [3.63, 3.8) is 0 Å². The Morgan fingerprint density at radius 1 is 1.59 bits per heavy atom. The molecule has 6 nitrogen and oxygen atoms in total. The van der Waals surface area contributed by atoms with Crippen molar-refractivity contribution < 1.29 is 9.90 Å². The molecule has 0 radical (unpaired) electrons. The highest BCUT2D eigenvalue weighted by atomic mass is 32.2. The van der Waals surface area contributed by atoms with E-state index in [2.05, 4.69) is 15.2 Å². The van der Waals surface area contributed by atoms with Crippen LogP contribution in [0.1, 0.15) is 10.7 Å². The number of rotatable bonds is 5. The lowest BCUT2D eigenvalue weighted by Crippen LogP contribution is -2.05. The van der Waals surface area contributed by atoms with Crippen LogP contribution in [-0.2, 0) is 11.3 Å². The molecule has 0 saturated carbocycles. The third kappa shape index (κ3) is 3.04. The van der Waals surface area contributed by atoms with E-state index in [0.717, 1.165) is 10.7 Å². The molecule has 0 atom stereocenters. The minimum Gasteiger partial charge on any atom is -0.481 e. The number of hydrogen-bond donors (Lipinski definition) is 1. The van der Waals surface area contributed by atoms with E-state index in [1.165, 1.54) is 11.8 Å². The first kappa shape index (κ1) is 12.1. The SMILES string of the molecule is Cc1nnc(SCC(=O)O)n1Cc1cncs1. The van der Waals surface area contributed by atoms with E-state index >= 15 is 0 Å². The van der Waals surface area contributed by atoms with Gasteiger partial charge in [0, 0.05) is 11.1 Å². The molecule has 0 aliphatic carbocycles. The molecule has 0 saturated heterocycles. The summed E-state index contributed by atoms with van der Waals surface area (Å²) in [6.45, 7) is 2.48. The monoisotopic (exact) mass is 270 g/mol. The van der Waals surface area contributed by atoms with Gasteiger partial charge < -0.3 is 9.67 Å². The van der Waals surface area contributed by atoms with Crippen LogP contribution in [0.2, 0.25) is 0 Å². The predicted molar refractivity (Wildman–Crippen MR) is 64.3 cm³/mol. The molecule has 0 unspecified atom stereocenters. The van der Waals surface area contributed by atoms with Crippen LogP contribution in [0.15, 0.2) is 16.9 Å². The van der Waals surface area contributed by atoms with E-state index in [1.54, 1.807) is 23.0 Å². The second-order valence-corrected chi connectivity index (χ2v) is 5.18. The summed E-state index contributed by atoms with van der Waals surface area (Å²) in [4.78, 5) is 15.6. The van der Waals surface area contributed by atoms with E-state index in [0.29, 0.717) is 11.7 Å². The molecule has 0 amide bonds. The Balaban J connectivity index is 2.14. The van der Waals surface area contributed by atoms with Crippen LogP contribution in [0.5, 0.6) is 0 Å². The Kier molecular flexibility index (Phi) is 3.75. The molecule has 2 aromatic heterocycles. The van der Waals surface area contributed by atoms with Crippen molar-refractivity contribution in [1.82, 2.24) is 19.7 Å². The van der Waals surface area contributed by atoms with E-state index in [1.807, 2.05) is 11.5 Å². The van der Waals surface area contributed by atoms with Crippen molar-refractivity contribution in [3.8, 4) is 0 Å². The highest BCUT2D eigenvalue weighted by Crippen LogP contribution is 2.19. The summed E-state index contributed by atoms with van der Waals surface area (Å²) in [6.07, 6.45) is 1.79. The van der Waals surface area contributed by atoms with E-state index in [4.69, 9.17) is 5.11 Å². The molecule has 0 aromatic carbocycles. The van der Waals surface area contributed by atoms with Crippen LogP contribution in [0, 0.1) is 6.92 Å². The zero-order chi connectivity index (χ0) is 12.3. The Morgan fingerprint density at radius 2 is 2.41 bits per heavy atom. The summed E-state index contributed by atoms with van der Waals surface area (Å²) in [6, 6.07) is 0. The van der Waals surface area contributed by atoms with Gasteiger partial charge in [-0.15, -0.1) is 21.5 Å². The molecular formula is C9H10N4O2S2. The summed E-state index contributed by atoms with van der Waals surface area (Å²) < 4.78 is 1.89. The lowest BCUT2D eigenvalue weighted by Gasteiger charge is -2.05. The Hall–Kier alpha value is -1.41. The maximum absolute atomic E-state index is 10.5. The first-order chi connectivity index (χ1) is 8.16. The van der Waals surface area contributed by atoms with Crippen LogP contribution in [-0.4, -0.2) is 36.6 Å². The largest absolute Gasteiger partial charge is 0.481 e. The Bertz CT molecular complexity index is 509. The second kappa shape index (κ2) is 5.28. The van der Waals surface area contributed by atoms with Gasteiger partial charge in [0.15, 0.2) is 5.16 Å². The highest BCUT2D eigenvalue weighted by molar-refractivity contribution is 7.99. The highest BCUT2D eigenvalue weighted by Gasteiger charge is 2.12. The number of carboxylic acids is 1. The average Bonchev–Trinajstić information content (AvgIpc) is 2.89. The quantitative estimate of drug-likeness (QED) is 0.824. The lowest BCUT2D eigenvalue weighted by molar-refractivity contribution is -0.133. The summed E-state index contributed by atoms with van der Waals surface area (Å²) in [5.74, 6) is -0.104. The van der Waals surface area contributed by atoms with Gasteiger partial charge in [-0.05, 0) is 6.92 Å². The summed E-state index contributed by atoms with van der Waals surface area (Å²) in [5, 5.41) is 17.2. The van der Waals surface area contributed by atoms with Gasteiger partial charge in [0.25, 0.3) is 0 Å². The fourth-order valence-electron chi connectivity index (χ4n) is 1.25. The predicted octanol–water partition coefficient (Wildman–Crippen LogP) is 1.27. The molecular weight excluding hydrogens is 260 g/mol. The molecule has 1 N–H and O–H groups in total. The lowest BCUT2D eigenvalue weighted by atomic mass is 10.5. The third-order valence-corrected chi connectivity index (χ3v) is 3.74. The van der Waals surface area contributed by atoms with Crippen LogP contribution < -0.4 is 0 Å². The molecule has 17 heavy (non-hydrogen) atoms. The first-order valence-electron chi connectivity index (χ1n) is 4.78. The fraction of sp³-hybridized carbons (Fsp3) is 0.333. The van der Waals surface area contributed by atoms with Gasteiger partial charge in [-0.3, -0.25) is 9.78 Å². The first-order valence-corrected chi connectivity index (χ1v) is 6.65. The zero-order valence-electron chi connectivity index (χ0n) is 9.03. The minimum absolute atomic E-state index is 0.0131. The van der Waals surface area contributed by atoms with Gasteiger partial charge in [-0.25, -0.2) is 0 Å². The topological polar surface area (TPSA) is 80.9 Å². The molecule has 0 fully saturated rings. The van der Waals surface area contributed by atoms with Crippen molar-refractivity contribution in [2.75, 3.05) is 5.75 Å². The van der Waals surface area contributed by atoms with Crippen LogP contribution >= 0.6 is 23.1 Å². The van der Waals surface area contributed by atoms with Crippen molar-refractivity contribution in [1.29, 1.82) is 0 Å². The van der Waals surface area contributed by atoms with E-state index in [-0.39, 0.29) is 5.75 Å². The van der Waals surface area contributed by atoms with Gasteiger partial charge in [-0.2, -0.15) is 0 Å². The number of carbonyl (C=O) groups is 1. The number of hydrogen-bond acceptors (Lipinski definition) is 6. The number of thioether (sulfide) groups is 1. The van der Waals surface area contributed by atoms with Gasteiger partial charge in [-0.1, -0.05) is 11.8 Å². The number of thiazole rings is 1. The number of aliphatic carboxylic acids is 1. The van der Waals surface area contributed by atoms with Crippen LogP contribution in [0.3, 0.4) is 0 Å². The summed E-state index contributed by atoms with van der Waals surface area (Å²) in [5.41, 5.74) is 1.76. The van der Waals surface area contributed by atoms with Crippen molar-refractivity contribution >= 4 is 29.1 Å². The molecule has 0 spiro atoms. The molecule has 2 heterocycles. The van der Waals surface area contributed by atoms with Crippen LogP contribution in [0.4, 0.5) is 0 Å². The molecule has 0 aliphatic heterocycles. The average molecular weight is 270 g/mol. The molecule has 2 rings (SSSR count). The van der Waals surface area contributed by atoms with Gasteiger partial charge in [0.05, 0.1) is 17.8 Å². The minimum atomic E-state index is -0.861. The summed E-state index contributed by atoms with van der Waals surface area (Å²) >= 11 is 2.72. The van der Waals surface area contributed by atoms with Gasteiger partial charge in [0.2, 0.25) is 0 Å². The smallest absolute Gasteiger partial charge is 0.313 e. The maximum atomic E-state index is 10.5. The van der Waals surface area contributed by atoms with E-state index < -0.39 is 5.97 Å². The molecule has 0 bridgehead atoms. The third-order valence-electron chi connectivity index (χ3n) is 2.02. The second-order valence-electron chi connectivity index (χ2n) is 3.27. The number of carboxylic acid groups (broad SMARTS) is 1. The van der Waals surface area contributed by atoms with E-state index in [9.17, 15) is 4.79 Å². The Morgan fingerprint density at radius 3 is 3.06 bits per heavy atom. The Labute approximate surface area is 106 Å². The van der Waals surface area contributed by atoms with Crippen molar-refractivity contribution in [2.45, 2.75) is 18.6 Å². The molecule has 2 aromatic rings. The van der Waals surface area contributed by atoms with Crippen LogP contribution in [0.25, 0.3) is 0 Å². The fourth-order valence-corrected chi connectivity index (χ4v) is 2.54. The van der Waals surface area contributed by atoms with Crippen molar-refractivity contribution in [3.05, 3.63) is 22.4 Å². The van der Waals surface area contributed by atoms with Gasteiger partial charge >= 0.3 is 5.97 Å². The number of aromatic nitrogens is 4. The molecule has 8 heteroatoms. The van der Waals surface area contributed by atoms with Crippen molar-refractivity contribution in [2.24, 2.45) is 0 Å². The molecule has 90 valence electrons. The number of aryl methyl sites for hydroxylation is 1. The maximum Gasteiger partial charge on any atom is 0.313 e. The normalized spacial score (nSPS) is 10.6. The van der Waals surface area contributed by atoms with Gasteiger partial charge in [0.1, 0.15) is 5.82 Å².